The highest BCUT2D eigenvalue weighted by atomic mass is 19.1. The lowest BCUT2D eigenvalue weighted by Gasteiger charge is -2.20. The maximum Gasteiger partial charge on any atom is 0.166 e. The maximum atomic E-state index is 14.6. The topological polar surface area (TPSA) is 41.6 Å². The van der Waals surface area contributed by atoms with Gasteiger partial charge >= 0.3 is 0 Å². The van der Waals surface area contributed by atoms with Crippen molar-refractivity contribution in [2.24, 2.45) is 5.92 Å². The van der Waals surface area contributed by atoms with Crippen LogP contribution in [-0.4, -0.2) is 9.78 Å². The molecule has 0 saturated heterocycles. The molecule has 1 aromatic rings. The zero-order valence-corrected chi connectivity index (χ0v) is 9.66. The zero-order chi connectivity index (χ0) is 11.7. The van der Waals surface area contributed by atoms with Gasteiger partial charge in [-0.3, -0.25) is 4.68 Å². The predicted octanol–water partition coefficient (Wildman–Crippen LogP) is 2.64. The predicted molar refractivity (Wildman–Crippen MR) is 56.6 cm³/mol. The lowest BCUT2D eigenvalue weighted by atomic mass is 10.0. The standard InChI is InChI=1S/C12H14FN3/c1-6(2)16-11-10(9(5-14)15-16)7-4-8(7)12(11,3)13/h6-8H,4H2,1-3H3. The zero-order valence-electron chi connectivity index (χ0n) is 9.66. The van der Waals surface area contributed by atoms with Crippen LogP contribution in [0.3, 0.4) is 0 Å². The highest BCUT2D eigenvalue weighted by Gasteiger charge is 2.63. The van der Waals surface area contributed by atoms with Crippen LogP contribution in [0.25, 0.3) is 0 Å². The summed E-state index contributed by atoms with van der Waals surface area (Å²) >= 11 is 0. The van der Waals surface area contributed by atoms with Crippen molar-refractivity contribution >= 4 is 0 Å². The third kappa shape index (κ3) is 0.940. The molecule has 0 amide bonds. The van der Waals surface area contributed by atoms with Crippen molar-refractivity contribution in [3.63, 3.8) is 0 Å². The van der Waals surface area contributed by atoms with Crippen LogP contribution in [0.5, 0.6) is 0 Å². The number of alkyl halides is 1. The van der Waals surface area contributed by atoms with E-state index in [0.29, 0.717) is 11.4 Å². The summed E-state index contributed by atoms with van der Waals surface area (Å²) in [7, 11) is 0. The molecular weight excluding hydrogens is 205 g/mol. The van der Waals surface area contributed by atoms with Crippen molar-refractivity contribution in [1.29, 1.82) is 5.26 Å². The summed E-state index contributed by atoms with van der Waals surface area (Å²) in [6, 6.07) is 2.20. The summed E-state index contributed by atoms with van der Waals surface area (Å²) in [5.41, 5.74) is 0.663. The molecule has 1 aromatic heterocycles. The number of hydrogen-bond donors (Lipinski definition) is 0. The highest BCUT2D eigenvalue weighted by molar-refractivity contribution is 5.50. The molecule has 3 unspecified atom stereocenters. The van der Waals surface area contributed by atoms with Gasteiger partial charge in [-0.1, -0.05) is 0 Å². The van der Waals surface area contributed by atoms with E-state index < -0.39 is 5.67 Å². The van der Waals surface area contributed by atoms with E-state index in [1.54, 1.807) is 11.6 Å². The van der Waals surface area contributed by atoms with E-state index in [1.807, 2.05) is 13.8 Å². The number of hydrogen-bond acceptors (Lipinski definition) is 2. The van der Waals surface area contributed by atoms with E-state index in [2.05, 4.69) is 11.2 Å². The van der Waals surface area contributed by atoms with Gasteiger partial charge in [0.1, 0.15) is 6.07 Å². The van der Waals surface area contributed by atoms with Crippen molar-refractivity contribution in [3.05, 3.63) is 17.0 Å². The minimum absolute atomic E-state index is 0.0811. The summed E-state index contributed by atoms with van der Waals surface area (Å²) in [6.45, 7) is 5.56. The Morgan fingerprint density at radius 2 is 2.31 bits per heavy atom. The van der Waals surface area contributed by atoms with Crippen LogP contribution in [0.15, 0.2) is 0 Å². The first kappa shape index (κ1) is 9.83. The average Bonchev–Trinajstić information content (AvgIpc) is 2.85. The molecule has 4 heteroatoms. The van der Waals surface area contributed by atoms with E-state index in [4.69, 9.17) is 5.26 Å². The van der Waals surface area contributed by atoms with Crippen LogP contribution in [0.1, 0.15) is 56.1 Å². The van der Waals surface area contributed by atoms with Crippen molar-refractivity contribution in [2.75, 3.05) is 0 Å². The minimum Gasteiger partial charge on any atom is -0.262 e. The fourth-order valence-electron chi connectivity index (χ4n) is 3.03. The van der Waals surface area contributed by atoms with Crippen molar-refractivity contribution in [3.8, 4) is 6.07 Å². The number of nitriles is 1. The highest BCUT2D eigenvalue weighted by Crippen LogP contribution is 2.66. The van der Waals surface area contributed by atoms with E-state index in [1.165, 1.54) is 0 Å². The second kappa shape index (κ2) is 2.65. The first-order valence-corrected chi connectivity index (χ1v) is 5.70. The molecule has 3 rings (SSSR count). The van der Waals surface area contributed by atoms with Crippen LogP contribution in [0, 0.1) is 17.2 Å². The Bertz CT molecular complexity index is 507. The Morgan fingerprint density at radius 1 is 1.62 bits per heavy atom. The smallest absolute Gasteiger partial charge is 0.166 e. The Morgan fingerprint density at radius 3 is 2.88 bits per heavy atom. The van der Waals surface area contributed by atoms with Crippen molar-refractivity contribution < 1.29 is 4.39 Å². The summed E-state index contributed by atoms with van der Waals surface area (Å²) in [5.74, 6) is 0.324. The van der Waals surface area contributed by atoms with Gasteiger partial charge in [-0.15, -0.1) is 0 Å². The molecule has 0 aromatic carbocycles. The van der Waals surface area contributed by atoms with Crippen molar-refractivity contribution in [2.45, 2.75) is 44.8 Å². The molecule has 84 valence electrons. The third-order valence-corrected chi connectivity index (χ3v) is 3.86. The molecule has 16 heavy (non-hydrogen) atoms. The van der Waals surface area contributed by atoms with Gasteiger partial charge in [0.25, 0.3) is 0 Å². The summed E-state index contributed by atoms with van der Waals surface area (Å²) < 4.78 is 16.3. The van der Waals surface area contributed by atoms with Gasteiger partial charge in [-0.25, -0.2) is 4.39 Å². The van der Waals surface area contributed by atoms with Crippen molar-refractivity contribution in [1.82, 2.24) is 9.78 Å². The lowest BCUT2D eigenvalue weighted by molar-refractivity contribution is 0.150. The van der Waals surface area contributed by atoms with E-state index in [9.17, 15) is 4.39 Å². The van der Waals surface area contributed by atoms with Gasteiger partial charge in [-0.2, -0.15) is 10.4 Å². The summed E-state index contributed by atoms with van der Waals surface area (Å²) in [4.78, 5) is 0. The van der Waals surface area contributed by atoms with Crippen LogP contribution >= 0.6 is 0 Å². The number of aromatic nitrogens is 2. The van der Waals surface area contributed by atoms with Gasteiger partial charge in [0, 0.05) is 17.5 Å². The molecule has 1 fully saturated rings. The summed E-state index contributed by atoms with van der Waals surface area (Å²) in [5, 5.41) is 13.3. The molecule has 0 radical (unpaired) electrons. The van der Waals surface area contributed by atoms with Crippen LogP contribution in [-0.2, 0) is 5.67 Å². The second-order valence-corrected chi connectivity index (χ2v) is 5.29. The minimum atomic E-state index is -1.30. The quantitative estimate of drug-likeness (QED) is 0.728. The van der Waals surface area contributed by atoms with Gasteiger partial charge in [0.05, 0.1) is 5.69 Å². The first-order chi connectivity index (χ1) is 7.48. The van der Waals surface area contributed by atoms with E-state index in [0.717, 1.165) is 12.0 Å². The third-order valence-electron chi connectivity index (χ3n) is 3.86. The molecule has 0 N–H and O–H groups in total. The normalized spacial score (nSPS) is 34.8. The molecule has 0 spiro atoms. The van der Waals surface area contributed by atoms with Gasteiger partial charge in [0.15, 0.2) is 11.4 Å². The molecule has 1 saturated carbocycles. The van der Waals surface area contributed by atoms with Gasteiger partial charge < -0.3 is 0 Å². The molecule has 1 heterocycles. The molecule has 2 aliphatic rings. The molecular formula is C12H14FN3. The number of nitrogens with zero attached hydrogens (tertiary/aromatic N) is 3. The maximum absolute atomic E-state index is 14.6. The Labute approximate surface area is 93.9 Å². The average molecular weight is 219 g/mol. The number of fused-ring (bicyclic) bond motifs is 3. The molecule has 2 aliphatic carbocycles. The molecule has 0 aliphatic heterocycles. The Kier molecular flexibility index (Phi) is 1.63. The lowest BCUT2D eigenvalue weighted by Crippen LogP contribution is -2.22. The number of halogens is 1. The van der Waals surface area contributed by atoms with E-state index in [-0.39, 0.29) is 17.9 Å². The molecule has 3 atom stereocenters. The van der Waals surface area contributed by atoms with Crippen LogP contribution in [0.2, 0.25) is 0 Å². The van der Waals surface area contributed by atoms with E-state index >= 15 is 0 Å². The second-order valence-electron chi connectivity index (χ2n) is 5.29. The fraction of sp³-hybridized carbons (Fsp3) is 0.667. The van der Waals surface area contributed by atoms with Crippen LogP contribution < -0.4 is 0 Å². The summed E-state index contributed by atoms with van der Waals surface area (Å²) in [6.07, 6.45) is 0.873. The van der Waals surface area contributed by atoms with Gasteiger partial charge in [-0.05, 0) is 33.1 Å². The first-order valence-electron chi connectivity index (χ1n) is 5.70. The van der Waals surface area contributed by atoms with Gasteiger partial charge in [0.2, 0.25) is 0 Å². The Balaban J connectivity index is 2.28. The SMILES string of the molecule is CC(C)n1nc(C#N)c2c1C(C)(F)C1CC21. The fourth-order valence-corrected chi connectivity index (χ4v) is 3.03. The molecule has 3 nitrogen and oxygen atoms in total. The Hall–Kier alpha value is -1.37. The largest absolute Gasteiger partial charge is 0.262 e. The monoisotopic (exact) mass is 219 g/mol. The number of rotatable bonds is 1. The molecule has 0 bridgehead atoms. The van der Waals surface area contributed by atoms with Crippen LogP contribution in [0.4, 0.5) is 4.39 Å².